The van der Waals surface area contributed by atoms with Gasteiger partial charge in [-0.3, -0.25) is 4.79 Å². The minimum absolute atomic E-state index is 0.219. The highest BCUT2D eigenvalue weighted by Gasteiger charge is 2.26. The molecule has 0 aliphatic heterocycles. The Bertz CT molecular complexity index is 826. The van der Waals surface area contributed by atoms with Crippen LogP contribution in [0.1, 0.15) is 41.0 Å². The molecule has 1 aliphatic carbocycles. The molecule has 0 unspecified atom stereocenters. The van der Waals surface area contributed by atoms with Gasteiger partial charge in [-0.1, -0.05) is 24.6 Å². The first kappa shape index (κ1) is 15.7. The monoisotopic (exact) mass is 333 g/mol. The second-order valence-corrected chi connectivity index (χ2v) is 7.53. The minimum atomic E-state index is -3.61. The molecule has 0 fully saturated rings. The molecule has 1 aromatic carbocycles. The van der Waals surface area contributed by atoms with Gasteiger partial charge in [0.25, 0.3) is 5.91 Å². The number of para-hydroxylation sites is 1. The molecule has 1 aliphatic rings. The zero-order valence-electron chi connectivity index (χ0n) is 12.9. The van der Waals surface area contributed by atoms with Crippen molar-refractivity contribution in [2.24, 2.45) is 0 Å². The van der Waals surface area contributed by atoms with Crippen LogP contribution >= 0.6 is 0 Å². The number of nitrogens with zero attached hydrogens (tertiary/aromatic N) is 2. The van der Waals surface area contributed by atoms with E-state index in [1.54, 1.807) is 4.68 Å². The maximum atomic E-state index is 12.3. The number of aromatic nitrogens is 2. The van der Waals surface area contributed by atoms with Crippen molar-refractivity contribution >= 4 is 15.9 Å². The first-order valence-electron chi connectivity index (χ1n) is 7.64. The van der Waals surface area contributed by atoms with Crippen LogP contribution in [0, 0.1) is 0 Å². The maximum absolute atomic E-state index is 12.3. The van der Waals surface area contributed by atoms with E-state index in [4.69, 9.17) is 0 Å². The van der Waals surface area contributed by atoms with Crippen LogP contribution in [0.25, 0.3) is 5.69 Å². The molecule has 23 heavy (non-hydrogen) atoms. The topological polar surface area (TPSA) is 81.1 Å². The summed E-state index contributed by atoms with van der Waals surface area (Å²) in [5.74, 6) is -0.652. The number of hydrogen-bond donors (Lipinski definition) is 1. The number of carbonyl (C=O) groups excluding carboxylic acids is 1. The molecule has 0 bridgehead atoms. The first-order valence-corrected chi connectivity index (χ1v) is 9.53. The minimum Gasteiger partial charge on any atom is -0.266 e. The number of fused-ring (bicyclic) bond motifs is 1. The lowest BCUT2D eigenvalue weighted by molar-refractivity contribution is 0.0975. The normalized spacial score (nSPS) is 14.8. The number of hydrogen-bond acceptors (Lipinski definition) is 4. The Balaban J connectivity index is 2.10. The van der Waals surface area contributed by atoms with Crippen molar-refractivity contribution in [2.45, 2.75) is 32.1 Å². The number of benzene rings is 1. The predicted molar refractivity (Wildman–Crippen MR) is 87.1 cm³/mol. The van der Waals surface area contributed by atoms with Crippen LogP contribution in [0.2, 0.25) is 0 Å². The third-order valence-corrected chi connectivity index (χ3v) is 4.48. The Hall–Kier alpha value is -2.15. The van der Waals surface area contributed by atoms with Gasteiger partial charge in [-0.2, -0.15) is 5.10 Å². The lowest BCUT2D eigenvalue weighted by Crippen LogP contribution is -2.30. The van der Waals surface area contributed by atoms with Gasteiger partial charge >= 0.3 is 0 Å². The largest absolute Gasteiger partial charge is 0.285 e. The SMILES string of the molecule is CS(=O)(=O)NC(=O)c1nn(-c2ccccc2)c2c1CCCCC2. The van der Waals surface area contributed by atoms with Crippen LogP contribution in [0.4, 0.5) is 0 Å². The summed E-state index contributed by atoms with van der Waals surface area (Å²) in [5.41, 5.74) is 2.97. The van der Waals surface area contributed by atoms with E-state index in [-0.39, 0.29) is 5.69 Å². The van der Waals surface area contributed by atoms with Gasteiger partial charge in [0.05, 0.1) is 11.9 Å². The van der Waals surface area contributed by atoms with Crippen molar-refractivity contribution in [3.63, 3.8) is 0 Å². The molecule has 2 aromatic rings. The van der Waals surface area contributed by atoms with Crippen molar-refractivity contribution < 1.29 is 13.2 Å². The molecule has 1 N–H and O–H groups in total. The molecule has 1 amide bonds. The molecular formula is C16H19N3O3S. The quantitative estimate of drug-likeness (QED) is 0.869. The summed E-state index contributed by atoms with van der Waals surface area (Å²) in [5, 5.41) is 4.43. The van der Waals surface area contributed by atoms with E-state index in [0.29, 0.717) is 0 Å². The van der Waals surface area contributed by atoms with Gasteiger partial charge in [-0.05, 0) is 37.8 Å². The van der Waals surface area contributed by atoms with Crippen molar-refractivity contribution in [1.82, 2.24) is 14.5 Å². The van der Waals surface area contributed by atoms with Crippen LogP contribution in [-0.4, -0.2) is 30.4 Å². The zero-order valence-corrected chi connectivity index (χ0v) is 13.8. The third kappa shape index (κ3) is 3.44. The number of sulfonamides is 1. The number of carbonyl (C=O) groups is 1. The molecule has 1 aromatic heterocycles. The Morgan fingerprint density at radius 2 is 1.83 bits per heavy atom. The number of nitrogens with one attached hydrogen (secondary N) is 1. The molecule has 0 atom stereocenters. The Morgan fingerprint density at radius 3 is 2.52 bits per heavy atom. The van der Waals surface area contributed by atoms with Gasteiger partial charge in [0, 0.05) is 11.3 Å². The fourth-order valence-corrected chi connectivity index (χ4v) is 3.39. The average molecular weight is 333 g/mol. The summed E-state index contributed by atoms with van der Waals surface area (Å²) in [4.78, 5) is 12.3. The lowest BCUT2D eigenvalue weighted by atomic mass is 10.1. The van der Waals surface area contributed by atoms with E-state index in [0.717, 1.165) is 55.3 Å². The molecule has 1 heterocycles. The summed E-state index contributed by atoms with van der Waals surface area (Å²) >= 11 is 0. The van der Waals surface area contributed by atoms with Crippen molar-refractivity contribution in [3.05, 3.63) is 47.3 Å². The molecule has 122 valence electrons. The van der Waals surface area contributed by atoms with E-state index in [1.165, 1.54) is 0 Å². The van der Waals surface area contributed by atoms with E-state index >= 15 is 0 Å². The molecule has 3 rings (SSSR count). The first-order chi connectivity index (χ1) is 11.0. The lowest BCUT2D eigenvalue weighted by Gasteiger charge is -2.06. The number of rotatable bonds is 3. The fraction of sp³-hybridized carbons (Fsp3) is 0.375. The zero-order chi connectivity index (χ0) is 16.4. The van der Waals surface area contributed by atoms with E-state index in [1.807, 2.05) is 35.1 Å². The van der Waals surface area contributed by atoms with Gasteiger partial charge in [-0.15, -0.1) is 0 Å². The van der Waals surface area contributed by atoms with Crippen LogP contribution in [0.15, 0.2) is 30.3 Å². The van der Waals surface area contributed by atoms with E-state index in [9.17, 15) is 13.2 Å². The molecule has 6 nitrogen and oxygen atoms in total. The van der Waals surface area contributed by atoms with E-state index in [2.05, 4.69) is 5.10 Å². The van der Waals surface area contributed by atoms with Crippen molar-refractivity contribution in [3.8, 4) is 5.69 Å². The summed E-state index contributed by atoms with van der Waals surface area (Å²) in [6, 6.07) is 9.60. The Kier molecular flexibility index (Phi) is 4.21. The van der Waals surface area contributed by atoms with Gasteiger partial charge in [0.1, 0.15) is 0 Å². The number of amides is 1. The van der Waals surface area contributed by atoms with Gasteiger partial charge < -0.3 is 0 Å². The van der Waals surface area contributed by atoms with Crippen LogP contribution < -0.4 is 4.72 Å². The average Bonchev–Trinajstić information content (AvgIpc) is 2.69. The third-order valence-electron chi connectivity index (χ3n) is 3.92. The predicted octanol–water partition coefficient (Wildman–Crippen LogP) is 1.83. The highest BCUT2D eigenvalue weighted by molar-refractivity contribution is 7.89. The molecule has 0 spiro atoms. The van der Waals surface area contributed by atoms with Gasteiger partial charge in [0.2, 0.25) is 10.0 Å². The molecule has 7 heteroatoms. The second-order valence-electron chi connectivity index (χ2n) is 5.79. The molecule has 0 radical (unpaired) electrons. The Labute approximate surface area is 135 Å². The van der Waals surface area contributed by atoms with Crippen molar-refractivity contribution in [1.29, 1.82) is 0 Å². The molecule has 0 saturated carbocycles. The highest BCUT2D eigenvalue weighted by atomic mass is 32.2. The van der Waals surface area contributed by atoms with Crippen LogP contribution in [-0.2, 0) is 22.9 Å². The van der Waals surface area contributed by atoms with E-state index < -0.39 is 15.9 Å². The smallest absolute Gasteiger partial charge is 0.266 e. The highest BCUT2D eigenvalue weighted by Crippen LogP contribution is 2.26. The summed E-state index contributed by atoms with van der Waals surface area (Å²) in [6.07, 6.45) is 5.66. The second kappa shape index (κ2) is 6.16. The summed E-state index contributed by atoms with van der Waals surface area (Å²) in [7, 11) is -3.61. The molecular weight excluding hydrogens is 314 g/mol. The van der Waals surface area contributed by atoms with Crippen LogP contribution in [0.3, 0.4) is 0 Å². The summed E-state index contributed by atoms with van der Waals surface area (Å²) < 4.78 is 26.5. The van der Waals surface area contributed by atoms with Crippen LogP contribution in [0.5, 0.6) is 0 Å². The fourth-order valence-electron chi connectivity index (χ4n) is 2.96. The van der Waals surface area contributed by atoms with Gasteiger partial charge in [-0.25, -0.2) is 17.8 Å². The Morgan fingerprint density at radius 1 is 1.13 bits per heavy atom. The van der Waals surface area contributed by atoms with Gasteiger partial charge in [0.15, 0.2) is 5.69 Å². The van der Waals surface area contributed by atoms with Crippen molar-refractivity contribution in [2.75, 3.05) is 6.26 Å². The molecule has 0 saturated heterocycles. The maximum Gasteiger partial charge on any atom is 0.285 e. The standard InChI is InChI=1S/C16H19N3O3S/c1-23(21,22)18-16(20)15-13-10-6-3-7-11-14(13)19(17-15)12-8-4-2-5-9-12/h2,4-5,8-9H,3,6-7,10-11H2,1H3,(H,18,20). The summed E-state index contributed by atoms with van der Waals surface area (Å²) in [6.45, 7) is 0.